The molecule has 0 fully saturated rings. The molecule has 0 aliphatic rings. The Morgan fingerprint density at radius 1 is 1.33 bits per heavy atom. The van der Waals surface area contributed by atoms with Crippen LogP contribution in [-0.2, 0) is 13.8 Å². The monoisotopic (exact) mass is 268 g/mol. The fourth-order valence-electron chi connectivity index (χ4n) is 1.83. The summed E-state index contributed by atoms with van der Waals surface area (Å²) >= 11 is 0. The standard InChI is InChI=1S/C11H19B2O4P/c1-3-10(15-2)11(12,13)17-18(14)16-9-7-5-4-6-8-9/h4-8,10,18H,3,12-13H2,1-2H3. The van der Waals surface area contributed by atoms with E-state index in [2.05, 4.69) is 0 Å². The van der Waals surface area contributed by atoms with E-state index < -0.39 is 13.7 Å². The highest BCUT2D eigenvalue weighted by Crippen LogP contribution is 2.33. The molecule has 7 heteroatoms. The molecule has 98 valence electrons. The first-order chi connectivity index (χ1) is 8.49. The van der Waals surface area contributed by atoms with E-state index in [9.17, 15) is 4.57 Å². The third-order valence-corrected chi connectivity index (χ3v) is 3.82. The number of hydrogen-bond acceptors (Lipinski definition) is 4. The van der Waals surface area contributed by atoms with Crippen LogP contribution in [0.3, 0.4) is 0 Å². The van der Waals surface area contributed by atoms with Crippen molar-refractivity contribution in [2.75, 3.05) is 7.11 Å². The summed E-state index contributed by atoms with van der Waals surface area (Å²) in [5, 5.41) is -0.645. The molecule has 0 N–H and O–H groups in total. The number of para-hydroxylation sites is 1. The van der Waals surface area contributed by atoms with E-state index in [4.69, 9.17) is 13.8 Å². The third kappa shape index (κ3) is 4.52. The van der Waals surface area contributed by atoms with Gasteiger partial charge < -0.3 is 13.8 Å². The number of methoxy groups -OCH3 is 1. The third-order valence-electron chi connectivity index (χ3n) is 2.72. The van der Waals surface area contributed by atoms with Crippen molar-refractivity contribution in [2.24, 2.45) is 0 Å². The summed E-state index contributed by atoms with van der Waals surface area (Å²) in [6.45, 7) is 1.99. The van der Waals surface area contributed by atoms with Crippen LogP contribution >= 0.6 is 8.25 Å². The number of ether oxygens (including phenoxy) is 1. The van der Waals surface area contributed by atoms with Gasteiger partial charge in [-0.2, -0.15) is 0 Å². The first kappa shape index (κ1) is 15.4. The van der Waals surface area contributed by atoms with Gasteiger partial charge in [0.25, 0.3) is 0 Å². The van der Waals surface area contributed by atoms with Gasteiger partial charge >= 0.3 is 8.25 Å². The van der Waals surface area contributed by atoms with Gasteiger partial charge in [0, 0.05) is 12.5 Å². The number of benzene rings is 1. The minimum Gasteiger partial charge on any atom is -0.426 e. The van der Waals surface area contributed by atoms with Crippen LogP contribution in [0.5, 0.6) is 5.75 Å². The molecule has 1 rings (SSSR count). The summed E-state index contributed by atoms with van der Waals surface area (Å²) in [7, 11) is 2.72. The maximum Gasteiger partial charge on any atom is 0.367 e. The molecule has 1 aromatic carbocycles. The molecule has 0 heterocycles. The van der Waals surface area contributed by atoms with Gasteiger partial charge in [0.2, 0.25) is 0 Å². The van der Waals surface area contributed by atoms with Crippen LogP contribution in [0, 0.1) is 0 Å². The molecular formula is C11H19B2O4P. The predicted octanol–water partition coefficient (Wildman–Crippen LogP) is 0.817. The van der Waals surface area contributed by atoms with Gasteiger partial charge in [-0.25, -0.2) is 4.57 Å². The Hall–Kier alpha value is -0.700. The molecule has 18 heavy (non-hydrogen) atoms. The molecule has 0 saturated heterocycles. The van der Waals surface area contributed by atoms with Crippen molar-refractivity contribution in [1.29, 1.82) is 0 Å². The maximum absolute atomic E-state index is 11.8. The zero-order chi connectivity index (χ0) is 13.6. The van der Waals surface area contributed by atoms with Gasteiger partial charge in [0.05, 0.1) is 6.10 Å². The second-order valence-corrected chi connectivity index (χ2v) is 5.41. The lowest BCUT2D eigenvalue weighted by molar-refractivity contribution is 0.0154. The molecular weight excluding hydrogens is 249 g/mol. The number of rotatable bonds is 7. The SMILES string of the molecule is BC(B)(O[PH](=O)Oc1ccccc1)C(CC)OC. The van der Waals surface area contributed by atoms with Crippen LogP contribution < -0.4 is 4.52 Å². The summed E-state index contributed by atoms with van der Waals surface area (Å²) in [6, 6.07) is 8.99. The lowest BCUT2D eigenvalue weighted by Crippen LogP contribution is -2.45. The van der Waals surface area contributed by atoms with Crippen LogP contribution in [0.25, 0.3) is 0 Å². The first-order valence-corrected chi connectivity index (χ1v) is 7.20. The molecule has 0 aliphatic heterocycles. The summed E-state index contributed by atoms with van der Waals surface area (Å²) in [5.41, 5.74) is 0. The van der Waals surface area contributed by atoms with Crippen molar-refractivity contribution in [3.05, 3.63) is 30.3 Å². The van der Waals surface area contributed by atoms with Gasteiger partial charge in [-0.3, -0.25) is 0 Å². The van der Waals surface area contributed by atoms with Crippen molar-refractivity contribution >= 4 is 23.9 Å². The smallest absolute Gasteiger partial charge is 0.367 e. The Kier molecular flexibility index (Phi) is 6.00. The maximum atomic E-state index is 11.8. The van der Waals surface area contributed by atoms with Gasteiger partial charge in [-0.1, -0.05) is 25.1 Å². The van der Waals surface area contributed by atoms with E-state index in [1.165, 1.54) is 0 Å². The van der Waals surface area contributed by atoms with Crippen LogP contribution in [-0.4, -0.2) is 34.3 Å². The van der Waals surface area contributed by atoms with Crippen molar-refractivity contribution in [3.63, 3.8) is 0 Å². The van der Waals surface area contributed by atoms with Crippen LogP contribution in [0.1, 0.15) is 13.3 Å². The molecule has 0 bridgehead atoms. The highest BCUT2D eigenvalue weighted by atomic mass is 31.1. The quantitative estimate of drug-likeness (QED) is 0.542. The lowest BCUT2D eigenvalue weighted by atomic mass is 9.61. The fraction of sp³-hybridized carbons (Fsp3) is 0.455. The largest absolute Gasteiger partial charge is 0.426 e. The van der Waals surface area contributed by atoms with E-state index in [-0.39, 0.29) is 6.10 Å². The molecule has 0 aliphatic carbocycles. The second kappa shape index (κ2) is 7.03. The molecule has 0 aromatic heterocycles. The summed E-state index contributed by atoms with van der Waals surface area (Å²) in [4.78, 5) is 0. The van der Waals surface area contributed by atoms with Crippen LogP contribution in [0.4, 0.5) is 0 Å². The summed E-state index contributed by atoms with van der Waals surface area (Å²) in [6.07, 6.45) is 0.662. The van der Waals surface area contributed by atoms with Gasteiger partial charge in [-0.05, 0) is 18.6 Å². The van der Waals surface area contributed by atoms with Crippen LogP contribution in [0.15, 0.2) is 30.3 Å². The Morgan fingerprint density at radius 2 is 1.94 bits per heavy atom. The Labute approximate surface area is 111 Å². The molecule has 0 radical (unpaired) electrons. The van der Waals surface area contributed by atoms with E-state index in [1.807, 2.05) is 40.8 Å². The van der Waals surface area contributed by atoms with Gasteiger partial charge in [-0.15, -0.1) is 0 Å². The average Bonchev–Trinajstić information content (AvgIpc) is 2.30. The molecule has 4 nitrogen and oxygen atoms in total. The summed E-state index contributed by atoms with van der Waals surface area (Å²) in [5.74, 6) is 0.544. The van der Waals surface area contributed by atoms with Crippen molar-refractivity contribution in [3.8, 4) is 5.75 Å². The van der Waals surface area contributed by atoms with Crippen molar-refractivity contribution in [2.45, 2.75) is 24.8 Å². The van der Waals surface area contributed by atoms with Gasteiger partial charge in [0.15, 0.2) is 0 Å². The lowest BCUT2D eigenvalue weighted by Gasteiger charge is -2.32. The second-order valence-electron chi connectivity index (χ2n) is 4.50. The fourth-order valence-corrected chi connectivity index (χ4v) is 2.76. The van der Waals surface area contributed by atoms with Gasteiger partial charge in [0.1, 0.15) is 21.4 Å². The Morgan fingerprint density at radius 3 is 2.44 bits per heavy atom. The van der Waals surface area contributed by atoms with E-state index >= 15 is 0 Å². The van der Waals surface area contributed by atoms with E-state index in [1.54, 1.807) is 19.2 Å². The molecule has 2 atom stereocenters. The van der Waals surface area contributed by atoms with Crippen molar-refractivity contribution in [1.82, 2.24) is 0 Å². The zero-order valence-corrected chi connectivity index (χ0v) is 12.3. The topological polar surface area (TPSA) is 44.8 Å². The van der Waals surface area contributed by atoms with E-state index in [0.717, 1.165) is 6.42 Å². The highest BCUT2D eigenvalue weighted by molar-refractivity contribution is 7.34. The Bertz CT molecular complexity index is 382. The minimum atomic E-state index is -2.59. The minimum absolute atomic E-state index is 0.120. The first-order valence-electron chi connectivity index (χ1n) is 5.98. The normalized spacial score (nSPS) is 15.0. The summed E-state index contributed by atoms with van der Waals surface area (Å²) < 4.78 is 27.9. The van der Waals surface area contributed by atoms with Crippen molar-refractivity contribution < 1.29 is 18.3 Å². The zero-order valence-electron chi connectivity index (χ0n) is 11.3. The number of hydrogen-bond donors (Lipinski definition) is 0. The molecule has 0 spiro atoms. The molecule has 1 aromatic rings. The predicted molar refractivity (Wildman–Crippen MR) is 78.1 cm³/mol. The van der Waals surface area contributed by atoms with Crippen LogP contribution in [0.2, 0.25) is 0 Å². The van der Waals surface area contributed by atoms with E-state index in [0.29, 0.717) is 5.75 Å². The molecule has 2 unspecified atom stereocenters. The molecule has 0 amide bonds. The average molecular weight is 268 g/mol. The Balaban J connectivity index is 2.59. The highest BCUT2D eigenvalue weighted by Gasteiger charge is 2.31. The molecule has 0 saturated carbocycles.